The van der Waals surface area contributed by atoms with E-state index >= 15 is 0 Å². The van der Waals surface area contributed by atoms with Gasteiger partial charge in [0.15, 0.2) is 0 Å². The number of amides is 1. The molecular weight excluding hydrogens is 374 g/mol. The number of aliphatic carboxylic acids is 1. The Morgan fingerprint density at radius 2 is 1.72 bits per heavy atom. The number of nitrogens with zero attached hydrogens (tertiary/aromatic N) is 1. The van der Waals surface area contributed by atoms with Gasteiger partial charge in [0.05, 0.1) is 24.0 Å². The third-order valence-corrected chi connectivity index (χ3v) is 6.12. The summed E-state index contributed by atoms with van der Waals surface area (Å²) in [6, 6.07) is 0.990. The summed E-state index contributed by atoms with van der Waals surface area (Å²) in [6.45, 7) is 7.84. The summed E-state index contributed by atoms with van der Waals surface area (Å²) >= 11 is 0. The topological polar surface area (TPSA) is 104 Å². The van der Waals surface area contributed by atoms with Crippen molar-refractivity contribution in [1.82, 2.24) is 4.90 Å². The van der Waals surface area contributed by atoms with Crippen LogP contribution in [0.1, 0.15) is 40.9 Å². The molecule has 0 saturated carbocycles. The van der Waals surface area contributed by atoms with Crippen molar-refractivity contribution >= 4 is 33.8 Å². The Labute approximate surface area is 166 Å². The molecule has 4 rings (SSSR count). The van der Waals surface area contributed by atoms with Gasteiger partial charge in [-0.25, -0.2) is 4.79 Å². The number of hydrogen-bond donors (Lipinski definition) is 0. The van der Waals surface area contributed by atoms with Gasteiger partial charge in [0.1, 0.15) is 16.9 Å². The van der Waals surface area contributed by atoms with Crippen LogP contribution in [-0.2, 0) is 16.0 Å². The number of aryl methyl sites for hydroxylation is 4. The second-order valence-corrected chi connectivity index (χ2v) is 7.77. The highest BCUT2D eigenvalue weighted by Crippen LogP contribution is 2.34. The lowest BCUT2D eigenvalue weighted by Gasteiger charge is -2.25. The first-order valence-corrected chi connectivity index (χ1v) is 9.66. The SMILES string of the molecule is Cc1oc2c(C)c3oc(=O)c(CC(=O)N4CCC[C@@H]4C(=O)[O-])c(C)c3cc2c1C. The molecule has 7 heteroatoms. The van der Waals surface area contributed by atoms with Gasteiger partial charge < -0.3 is 23.6 Å². The lowest BCUT2D eigenvalue weighted by Crippen LogP contribution is -2.47. The molecule has 1 aliphatic heterocycles. The van der Waals surface area contributed by atoms with Gasteiger partial charge in [0.2, 0.25) is 5.91 Å². The first-order valence-electron chi connectivity index (χ1n) is 9.66. The smallest absolute Gasteiger partial charge is 0.340 e. The third kappa shape index (κ3) is 2.92. The van der Waals surface area contributed by atoms with E-state index in [1.165, 1.54) is 4.90 Å². The third-order valence-electron chi connectivity index (χ3n) is 6.12. The Balaban J connectivity index is 1.82. The fourth-order valence-electron chi connectivity index (χ4n) is 4.26. The van der Waals surface area contributed by atoms with Crippen molar-refractivity contribution < 1.29 is 23.5 Å². The van der Waals surface area contributed by atoms with Gasteiger partial charge in [0, 0.05) is 22.9 Å². The molecule has 2 aromatic heterocycles. The fraction of sp³-hybridized carbons (Fsp3) is 0.409. The van der Waals surface area contributed by atoms with Crippen LogP contribution in [0.15, 0.2) is 19.7 Å². The predicted octanol–water partition coefficient (Wildman–Crippen LogP) is 2.06. The van der Waals surface area contributed by atoms with Crippen LogP contribution in [0.25, 0.3) is 21.9 Å². The summed E-state index contributed by atoms with van der Waals surface area (Å²) in [6.07, 6.45) is 0.774. The van der Waals surface area contributed by atoms with E-state index in [1.54, 1.807) is 6.92 Å². The van der Waals surface area contributed by atoms with E-state index in [2.05, 4.69) is 0 Å². The van der Waals surface area contributed by atoms with E-state index in [4.69, 9.17) is 8.83 Å². The van der Waals surface area contributed by atoms with Crippen molar-refractivity contribution in [2.45, 2.75) is 53.0 Å². The number of carbonyl (C=O) groups excluding carboxylic acids is 2. The largest absolute Gasteiger partial charge is 0.548 e. The summed E-state index contributed by atoms with van der Waals surface area (Å²) in [5, 5.41) is 13.0. The zero-order valence-corrected chi connectivity index (χ0v) is 16.9. The quantitative estimate of drug-likeness (QED) is 0.628. The Hall–Kier alpha value is -3.09. The van der Waals surface area contributed by atoms with Crippen molar-refractivity contribution in [3.8, 4) is 0 Å². The van der Waals surface area contributed by atoms with Gasteiger partial charge in [-0.2, -0.15) is 0 Å². The van der Waals surface area contributed by atoms with Crippen LogP contribution in [0.2, 0.25) is 0 Å². The van der Waals surface area contributed by atoms with E-state index in [0.29, 0.717) is 36.1 Å². The standard InChI is InChI=1S/C22H23NO6/c1-10-13(4)28-19-12(3)20-15(8-14(10)19)11(2)16(22(27)29-20)9-18(24)23-7-5-6-17(23)21(25)26/h8,17H,5-7,9H2,1-4H3,(H,25,26)/p-1/t17-/m1/s1. The minimum Gasteiger partial charge on any atom is -0.548 e. The number of benzene rings is 1. The maximum Gasteiger partial charge on any atom is 0.340 e. The number of hydrogen-bond acceptors (Lipinski definition) is 6. The Morgan fingerprint density at radius 1 is 1.07 bits per heavy atom. The number of furan rings is 1. The monoisotopic (exact) mass is 396 g/mol. The van der Waals surface area contributed by atoms with Crippen molar-refractivity contribution in [3.63, 3.8) is 0 Å². The number of carboxylic acid groups (broad SMARTS) is 1. The van der Waals surface area contributed by atoms with Crippen LogP contribution < -0.4 is 10.7 Å². The van der Waals surface area contributed by atoms with Crippen LogP contribution >= 0.6 is 0 Å². The van der Waals surface area contributed by atoms with E-state index in [0.717, 1.165) is 27.7 Å². The molecule has 7 nitrogen and oxygen atoms in total. The summed E-state index contributed by atoms with van der Waals surface area (Å²) in [4.78, 5) is 38.0. The molecule has 0 unspecified atom stereocenters. The molecule has 29 heavy (non-hydrogen) atoms. The number of fused-ring (bicyclic) bond motifs is 2. The second kappa shape index (κ2) is 6.76. The zero-order chi connectivity index (χ0) is 21.0. The first-order chi connectivity index (χ1) is 13.7. The highest BCUT2D eigenvalue weighted by Gasteiger charge is 2.30. The molecule has 1 aliphatic rings. The molecule has 1 atom stereocenters. The average Bonchev–Trinajstić information content (AvgIpc) is 3.27. The maximum atomic E-state index is 12.7. The molecule has 1 aromatic carbocycles. The molecule has 3 heterocycles. The van der Waals surface area contributed by atoms with Crippen LogP contribution in [0.3, 0.4) is 0 Å². The van der Waals surface area contributed by atoms with Crippen LogP contribution in [-0.4, -0.2) is 29.4 Å². The van der Waals surface area contributed by atoms with E-state index < -0.39 is 23.5 Å². The number of rotatable bonds is 3. The Morgan fingerprint density at radius 3 is 2.41 bits per heavy atom. The zero-order valence-electron chi connectivity index (χ0n) is 16.9. The Bertz CT molecular complexity index is 1230. The Kier molecular flexibility index (Phi) is 4.48. The molecule has 0 N–H and O–H groups in total. The van der Waals surface area contributed by atoms with Crippen molar-refractivity contribution in [2.24, 2.45) is 0 Å². The van der Waals surface area contributed by atoms with Gasteiger partial charge in [-0.15, -0.1) is 0 Å². The minimum absolute atomic E-state index is 0.200. The number of likely N-dealkylation sites (tertiary alicyclic amines) is 1. The summed E-state index contributed by atoms with van der Waals surface area (Å²) in [7, 11) is 0. The molecular formula is C22H22NO6-. The van der Waals surface area contributed by atoms with Crippen LogP contribution in [0.4, 0.5) is 0 Å². The lowest BCUT2D eigenvalue weighted by atomic mass is 9.98. The summed E-state index contributed by atoms with van der Waals surface area (Å²) in [5.74, 6) is -0.863. The molecule has 1 fully saturated rings. The lowest BCUT2D eigenvalue weighted by molar-refractivity contribution is -0.310. The first kappa shape index (κ1) is 19.2. The second-order valence-electron chi connectivity index (χ2n) is 7.77. The van der Waals surface area contributed by atoms with Crippen molar-refractivity contribution in [3.05, 3.63) is 44.5 Å². The molecule has 152 valence electrons. The molecule has 0 spiro atoms. The van der Waals surface area contributed by atoms with Crippen molar-refractivity contribution in [2.75, 3.05) is 6.54 Å². The highest BCUT2D eigenvalue weighted by atomic mass is 16.4. The van der Waals surface area contributed by atoms with E-state index in [-0.39, 0.29) is 12.0 Å². The molecule has 3 aromatic rings. The van der Waals surface area contributed by atoms with Gasteiger partial charge in [-0.05, 0) is 57.7 Å². The van der Waals surface area contributed by atoms with Gasteiger partial charge >= 0.3 is 5.63 Å². The molecule has 1 amide bonds. The fourth-order valence-corrected chi connectivity index (χ4v) is 4.26. The summed E-state index contributed by atoms with van der Waals surface area (Å²) < 4.78 is 11.4. The van der Waals surface area contributed by atoms with Crippen molar-refractivity contribution in [1.29, 1.82) is 0 Å². The predicted molar refractivity (Wildman–Crippen MR) is 105 cm³/mol. The van der Waals surface area contributed by atoms with Gasteiger partial charge in [0.25, 0.3) is 0 Å². The number of carbonyl (C=O) groups is 2. The normalized spacial score (nSPS) is 16.8. The number of carboxylic acids is 1. The molecule has 0 aliphatic carbocycles. The molecule has 0 radical (unpaired) electrons. The molecule has 0 bridgehead atoms. The summed E-state index contributed by atoms with van der Waals surface area (Å²) in [5.41, 5.74) is 3.21. The van der Waals surface area contributed by atoms with Gasteiger partial charge in [-0.1, -0.05) is 0 Å². The van der Waals surface area contributed by atoms with Crippen LogP contribution in [0, 0.1) is 27.7 Å². The average molecular weight is 396 g/mol. The minimum atomic E-state index is -1.26. The van der Waals surface area contributed by atoms with Gasteiger partial charge in [-0.3, -0.25) is 4.79 Å². The van der Waals surface area contributed by atoms with E-state index in [9.17, 15) is 19.5 Å². The van der Waals surface area contributed by atoms with E-state index in [1.807, 2.05) is 26.8 Å². The molecule has 1 saturated heterocycles. The highest BCUT2D eigenvalue weighted by molar-refractivity contribution is 6.00. The van der Waals surface area contributed by atoms with Crippen LogP contribution in [0.5, 0.6) is 0 Å². The maximum absolute atomic E-state index is 12.7.